The van der Waals surface area contributed by atoms with Gasteiger partial charge in [0.05, 0.1) is 4.92 Å². The van der Waals surface area contributed by atoms with Crippen molar-refractivity contribution in [3.63, 3.8) is 0 Å². The van der Waals surface area contributed by atoms with E-state index in [1.807, 2.05) is 60.7 Å². The Bertz CT molecular complexity index is 842. The topological polar surface area (TPSA) is 85.1 Å². The van der Waals surface area contributed by atoms with Gasteiger partial charge in [-0.05, 0) is 17.2 Å². The van der Waals surface area contributed by atoms with Crippen LogP contribution in [-0.4, -0.2) is 15.8 Å². The van der Waals surface area contributed by atoms with Crippen LogP contribution in [0, 0.1) is 10.1 Å². The van der Waals surface area contributed by atoms with Gasteiger partial charge in [-0.1, -0.05) is 60.7 Å². The molecule has 1 aromatic heterocycles. The number of anilines is 1. The van der Waals surface area contributed by atoms with E-state index in [1.165, 1.54) is 12.1 Å². The fourth-order valence-electron chi connectivity index (χ4n) is 2.75. The van der Waals surface area contributed by atoms with E-state index in [0.717, 1.165) is 17.3 Å². The van der Waals surface area contributed by atoms with Crippen molar-refractivity contribution in [2.24, 2.45) is 0 Å². The number of aromatic nitrogens is 1. The zero-order valence-corrected chi connectivity index (χ0v) is 13.9. The third kappa shape index (κ3) is 4.30. The van der Waals surface area contributed by atoms with E-state index in [2.05, 4.69) is 10.3 Å². The Labute approximate surface area is 150 Å². The second kappa shape index (κ2) is 8.02. The van der Waals surface area contributed by atoms with E-state index in [0.29, 0.717) is 5.82 Å². The summed E-state index contributed by atoms with van der Waals surface area (Å²) < 4.78 is 0. The van der Waals surface area contributed by atoms with Crippen LogP contribution in [0.15, 0.2) is 79.0 Å². The van der Waals surface area contributed by atoms with E-state index >= 15 is 0 Å². The minimum atomic E-state index is -0.528. The Hall–Kier alpha value is -3.54. The van der Waals surface area contributed by atoms with E-state index < -0.39 is 4.92 Å². The summed E-state index contributed by atoms with van der Waals surface area (Å²) in [6.45, 7) is 0. The first-order valence-corrected chi connectivity index (χ1v) is 8.13. The Morgan fingerprint density at radius 3 is 2.00 bits per heavy atom. The van der Waals surface area contributed by atoms with Crippen molar-refractivity contribution < 1.29 is 9.72 Å². The predicted molar refractivity (Wildman–Crippen MR) is 98.9 cm³/mol. The molecule has 0 bridgehead atoms. The number of benzene rings is 2. The highest BCUT2D eigenvalue weighted by Gasteiger charge is 2.18. The normalized spacial score (nSPS) is 10.5. The molecule has 3 rings (SSSR count). The van der Waals surface area contributed by atoms with Gasteiger partial charge in [-0.15, -0.1) is 0 Å². The van der Waals surface area contributed by atoms with E-state index in [1.54, 1.807) is 0 Å². The van der Waals surface area contributed by atoms with E-state index in [9.17, 15) is 14.9 Å². The maximum atomic E-state index is 12.5. The molecule has 6 heteroatoms. The summed E-state index contributed by atoms with van der Waals surface area (Å²) in [5.41, 5.74) is 1.98. The first-order chi connectivity index (χ1) is 12.6. The molecular formula is C20H17N3O3. The summed E-state index contributed by atoms with van der Waals surface area (Å²) in [4.78, 5) is 26.6. The lowest BCUT2D eigenvalue weighted by Gasteiger charge is -2.17. The lowest BCUT2D eigenvalue weighted by molar-refractivity contribution is -0.385. The Kier molecular flexibility index (Phi) is 5.34. The van der Waals surface area contributed by atoms with Crippen molar-refractivity contribution in [3.05, 3.63) is 100 Å². The van der Waals surface area contributed by atoms with Gasteiger partial charge in [0.2, 0.25) is 5.91 Å². The van der Waals surface area contributed by atoms with Gasteiger partial charge in [-0.25, -0.2) is 4.98 Å². The van der Waals surface area contributed by atoms with Crippen LogP contribution in [0.1, 0.15) is 23.5 Å². The molecule has 0 aliphatic carbocycles. The molecular weight excluding hydrogens is 330 g/mol. The molecule has 2 aromatic carbocycles. The van der Waals surface area contributed by atoms with Crippen molar-refractivity contribution in [1.82, 2.24) is 4.98 Å². The van der Waals surface area contributed by atoms with Gasteiger partial charge >= 0.3 is 0 Å². The average molecular weight is 347 g/mol. The molecule has 130 valence electrons. The van der Waals surface area contributed by atoms with Crippen molar-refractivity contribution >= 4 is 17.4 Å². The molecule has 0 unspecified atom stereocenters. The van der Waals surface area contributed by atoms with Crippen molar-refractivity contribution in [3.8, 4) is 0 Å². The van der Waals surface area contributed by atoms with E-state index in [4.69, 9.17) is 0 Å². The number of hydrogen-bond acceptors (Lipinski definition) is 4. The van der Waals surface area contributed by atoms with Crippen molar-refractivity contribution in [1.29, 1.82) is 0 Å². The average Bonchev–Trinajstić information content (AvgIpc) is 2.68. The van der Waals surface area contributed by atoms with Crippen LogP contribution in [-0.2, 0) is 4.79 Å². The number of hydrogen-bond donors (Lipinski definition) is 1. The van der Waals surface area contributed by atoms with Gasteiger partial charge < -0.3 is 5.32 Å². The van der Waals surface area contributed by atoms with Gasteiger partial charge in [0.1, 0.15) is 12.0 Å². The minimum Gasteiger partial charge on any atom is -0.311 e. The lowest BCUT2D eigenvalue weighted by Crippen LogP contribution is -2.17. The number of nitro groups is 1. The lowest BCUT2D eigenvalue weighted by atomic mass is 9.88. The summed E-state index contributed by atoms with van der Waals surface area (Å²) in [7, 11) is 0. The molecule has 0 aliphatic rings. The standard InChI is InChI=1S/C20H17N3O3/c24-20(22-19-12-11-17(14-21-19)23(25)26)13-18(15-7-3-1-4-8-15)16-9-5-2-6-10-16/h1-12,14,18H,13H2,(H,21,22,24). The number of rotatable bonds is 6. The van der Waals surface area contributed by atoms with Crippen LogP contribution in [0.4, 0.5) is 11.5 Å². The Morgan fingerprint density at radius 1 is 0.962 bits per heavy atom. The summed E-state index contributed by atoms with van der Waals surface area (Å²) in [5, 5.41) is 13.4. The molecule has 0 saturated carbocycles. The molecule has 0 aliphatic heterocycles. The molecule has 0 spiro atoms. The largest absolute Gasteiger partial charge is 0.311 e. The molecule has 6 nitrogen and oxygen atoms in total. The second-order valence-electron chi connectivity index (χ2n) is 5.79. The van der Waals surface area contributed by atoms with Crippen LogP contribution < -0.4 is 5.32 Å². The fraction of sp³-hybridized carbons (Fsp3) is 0.100. The molecule has 1 heterocycles. The predicted octanol–water partition coefficient (Wildman–Crippen LogP) is 4.15. The van der Waals surface area contributed by atoms with Crippen LogP contribution in [0.3, 0.4) is 0 Å². The summed E-state index contributed by atoms with van der Waals surface area (Å²) in [6, 6.07) is 22.4. The van der Waals surface area contributed by atoms with Crippen LogP contribution >= 0.6 is 0 Å². The number of amides is 1. The first-order valence-electron chi connectivity index (χ1n) is 8.13. The third-order valence-electron chi connectivity index (χ3n) is 4.02. The van der Waals surface area contributed by atoms with Gasteiger partial charge in [-0.3, -0.25) is 14.9 Å². The molecule has 1 N–H and O–H groups in total. The zero-order chi connectivity index (χ0) is 18.4. The van der Waals surface area contributed by atoms with Gasteiger partial charge in [0, 0.05) is 18.4 Å². The number of nitrogens with zero attached hydrogens (tertiary/aromatic N) is 2. The van der Waals surface area contributed by atoms with Gasteiger partial charge in [-0.2, -0.15) is 0 Å². The highest BCUT2D eigenvalue weighted by Crippen LogP contribution is 2.28. The van der Waals surface area contributed by atoms with Crippen molar-refractivity contribution in [2.45, 2.75) is 12.3 Å². The maximum absolute atomic E-state index is 12.5. The van der Waals surface area contributed by atoms with Crippen LogP contribution in [0.5, 0.6) is 0 Å². The molecule has 0 radical (unpaired) electrons. The minimum absolute atomic E-state index is 0.0875. The zero-order valence-electron chi connectivity index (χ0n) is 13.9. The molecule has 26 heavy (non-hydrogen) atoms. The highest BCUT2D eigenvalue weighted by atomic mass is 16.6. The molecule has 0 fully saturated rings. The number of nitrogens with one attached hydrogen (secondary N) is 1. The number of carbonyl (C=O) groups excluding carboxylic acids is 1. The van der Waals surface area contributed by atoms with Crippen molar-refractivity contribution in [2.75, 3.05) is 5.32 Å². The van der Waals surface area contributed by atoms with Crippen LogP contribution in [0.2, 0.25) is 0 Å². The summed E-state index contributed by atoms with van der Waals surface area (Å²) in [6.07, 6.45) is 1.37. The smallest absolute Gasteiger partial charge is 0.287 e. The quantitative estimate of drug-likeness (QED) is 0.536. The fourth-order valence-corrected chi connectivity index (χ4v) is 2.75. The van der Waals surface area contributed by atoms with Gasteiger partial charge in [0.15, 0.2) is 0 Å². The summed E-state index contributed by atoms with van der Waals surface area (Å²) in [5.74, 6) is -0.0000177. The third-order valence-corrected chi connectivity index (χ3v) is 4.02. The van der Waals surface area contributed by atoms with Gasteiger partial charge in [0.25, 0.3) is 5.69 Å². The summed E-state index contributed by atoms with van der Waals surface area (Å²) >= 11 is 0. The first kappa shape index (κ1) is 17.3. The number of carbonyl (C=O) groups is 1. The Balaban J connectivity index is 1.76. The molecule has 0 atom stereocenters. The van der Waals surface area contributed by atoms with Crippen LogP contribution in [0.25, 0.3) is 0 Å². The molecule has 0 saturated heterocycles. The van der Waals surface area contributed by atoms with E-state index in [-0.39, 0.29) is 23.9 Å². The Morgan fingerprint density at radius 2 is 1.54 bits per heavy atom. The second-order valence-corrected chi connectivity index (χ2v) is 5.79. The highest BCUT2D eigenvalue weighted by molar-refractivity contribution is 5.90. The maximum Gasteiger partial charge on any atom is 0.287 e. The number of pyridine rings is 1. The molecule has 3 aromatic rings. The molecule has 1 amide bonds. The SMILES string of the molecule is O=C(CC(c1ccccc1)c1ccccc1)Nc1ccc([N+](=O)[O-])cn1. The monoisotopic (exact) mass is 347 g/mol.